The topological polar surface area (TPSA) is 55.4 Å². The highest BCUT2D eigenvalue weighted by Gasteiger charge is 2.25. The van der Waals surface area contributed by atoms with E-state index >= 15 is 0 Å². The second-order valence-corrected chi connectivity index (χ2v) is 6.06. The van der Waals surface area contributed by atoms with Crippen molar-refractivity contribution in [2.45, 2.75) is 13.0 Å². The zero-order valence-corrected chi connectivity index (χ0v) is 14.7. The van der Waals surface area contributed by atoms with Crippen molar-refractivity contribution in [1.29, 1.82) is 0 Å². The van der Waals surface area contributed by atoms with Crippen molar-refractivity contribution in [2.75, 3.05) is 5.32 Å². The predicted molar refractivity (Wildman–Crippen MR) is 101 cm³/mol. The number of nitrogens with one attached hydrogen (secondary N) is 1. The highest BCUT2D eigenvalue weighted by Crippen LogP contribution is 2.22. The van der Waals surface area contributed by atoms with E-state index < -0.39 is 23.8 Å². The van der Waals surface area contributed by atoms with Gasteiger partial charge in [-0.3, -0.25) is 4.79 Å². The fraction of sp³-hybridized carbons (Fsp3) is 0.0909. The normalized spacial score (nSPS) is 11.5. The van der Waals surface area contributed by atoms with Gasteiger partial charge in [-0.05, 0) is 43.3 Å². The van der Waals surface area contributed by atoms with Crippen LogP contribution in [-0.2, 0) is 9.53 Å². The van der Waals surface area contributed by atoms with Crippen molar-refractivity contribution in [2.24, 2.45) is 0 Å². The number of anilines is 1. The Bertz CT molecular complexity index is 922. The van der Waals surface area contributed by atoms with E-state index in [1.807, 2.05) is 19.1 Å². The molecule has 0 saturated heterocycles. The van der Waals surface area contributed by atoms with Gasteiger partial charge in [-0.1, -0.05) is 48.0 Å². The largest absolute Gasteiger partial charge is 0.444 e. The number of carbonyl (C=O) groups is 2. The molecule has 0 aliphatic rings. The van der Waals surface area contributed by atoms with Crippen molar-refractivity contribution < 1.29 is 18.7 Å². The molecule has 0 aliphatic carbocycles. The third kappa shape index (κ3) is 4.79. The van der Waals surface area contributed by atoms with Crippen molar-refractivity contribution in [1.82, 2.24) is 0 Å². The van der Waals surface area contributed by atoms with Gasteiger partial charge >= 0.3 is 5.97 Å². The Morgan fingerprint density at radius 2 is 1.52 bits per heavy atom. The molecule has 0 fully saturated rings. The Morgan fingerprint density at radius 1 is 0.889 bits per heavy atom. The molecule has 3 aromatic carbocycles. The lowest BCUT2D eigenvalue weighted by Crippen LogP contribution is -2.26. The van der Waals surface area contributed by atoms with Crippen LogP contribution < -0.4 is 5.32 Å². The maximum Gasteiger partial charge on any atom is 0.339 e. The van der Waals surface area contributed by atoms with Crippen LogP contribution in [0, 0.1) is 12.7 Å². The molecule has 3 rings (SSSR count). The highest BCUT2D eigenvalue weighted by molar-refractivity contribution is 5.98. The van der Waals surface area contributed by atoms with Crippen molar-refractivity contribution in [3.8, 4) is 0 Å². The molecule has 0 spiro atoms. The molecular weight excluding hydrogens is 345 g/mol. The highest BCUT2D eigenvalue weighted by atomic mass is 19.1. The maximum absolute atomic E-state index is 13.1. The Labute approximate surface area is 156 Å². The summed E-state index contributed by atoms with van der Waals surface area (Å²) in [6, 6.07) is 21.0. The average Bonchev–Trinajstić information content (AvgIpc) is 2.69. The maximum atomic E-state index is 13.1. The Morgan fingerprint density at radius 3 is 2.15 bits per heavy atom. The van der Waals surface area contributed by atoms with Gasteiger partial charge in [0.05, 0.1) is 5.56 Å². The lowest BCUT2D eigenvalue weighted by Gasteiger charge is -2.18. The molecule has 0 radical (unpaired) electrons. The zero-order valence-electron chi connectivity index (χ0n) is 14.7. The summed E-state index contributed by atoms with van der Waals surface area (Å²) < 4.78 is 18.5. The number of ether oxygens (including phenoxy) is 1. The lowest BCUT2D eigenvalue weighted by molar-refractivity contribution is -0.125. The molecule has 0 aliphatic heterocycles. The average molecular weight is 363 g/mol. The standard InChI is InChI=1S/C22H18FNO3/c1-15-7-13-19(14-8-15)24-21(25)20(16-5-3-2-4-6-16)27-22(26)17-9-11-18(23)12-10-17/h2-14,20H,1H3,(H,24,25)/t20-/m1/s1. The van der Waals surface area contributed by atoms with E-state index in [2.05, 4.69) is 5.32 Å². The number of hydrogen-bond donors (Lipinski definition) is 1. The number of halogens is 1. The second kappa shape index (κ2) is 8.27. The molecular formula is C22H18FNO3. The first-order chi connectivity index (χ1) is 13.0. The van der Waals surface area contributed by atoms with Crippen molar-refractivity contribution in [3.63, 3.8) is 0 Å². The van der Waals surface area contributed by atoms with Gasteiger partial charge in [0.15, 0.2) is 0 Å². The fourth-order valence-electron chi connectivity index (χ4n) is 2.51. The van der Waals surface area contributed by atoms with Crippen LogP contribution in [0.15, 0.2) is 78.9 Å². The minimum absolute atomic E-state index is 0.167. The molecule has 0 aromatic heterocycles. The third-order valence-corrected chi connectivity index (χ3v) is 3.96. The summed E-state index contributed by atoms with van der Waals surface area (Å²) in [6.45, 7) is 1.95. The number of amides is 1. The van der Waals surface area contributed by atoms with Gasteiger partial charge < -0.3 is 10.1 Å². The molecule has 5 heteroatoms. The molecule has 1 amide bonds. The molecule has 0 saturated carbocycles. The molecule has 0 bridgehead atoms. The molecule has 3 aromatic rings. The van der Waals surface area contributed by atoms with E-state index in [9.17, 15) is 14.0 Å². The first kappa shape index (κ1) is 18.3. The minimum Gasteiger partial charge on any atom is -0.444 e. The lowest BCUT2D eigenvalue weighted by atomic mass is 10.1. The van der Waals surface area contributed by atoms with Crippen LogP contribution in [0.3, 0.4) is 0 Å². The smallest absolute Gasteiger partial charge is 0.339 e. The quantitative estimate of drug-likeness (QED) is 0.670. The summed E-state index contributed by atoms with van der Waals surface area (Å²) in [6.07, 6.45) is -1.13. The third-order valence-electron chi connectivity index (χ3n) is 3.96. The van der Waals surface area contributed by atoms with Crippen LogP contribution in [-0.4, -0.2) is 11.9 Å². The minimum atomic E-state index is -1.13. The SMILES string of the molecule is Cc1ccc(NC(=O)[C@H](OC(=O)c2ccc(F)cc2)c2ccccc2)cc1. The molecule has 0 heterocycles. The number of esters is 1. The van der Waals surface area contributed by atoms with Gasteiger partial charge in [-0.2, -0.15) is 0 Å². The Balaban J connectivity index is 1.82. The number of aryl methyl sites for hydroxylation is 1. The summed E-state index contributed by atoms with van der Waals surface area (Å²) in [4.78, 5) is 25.2. The summed E-state index contributed by atoms with van der Waals surface area (Å²) in [5, 5.41) is 2.76. The van der Waals surface area contributed by atoms with E-state index in [1.54, 1.807) is 42.5 Å². The summed E-state index contributed by atoms with van der Waals surface area (Å²) in [5.74, 6) is -1.63. The predicted octanol–water partition coefficient (Wildman–Crippen LogP) is 4.67. The number of hydrogen-bond acceptors (Lipinski definition) is 3. The van der Waals surface area contributed by atoms with Crippen LogP contribution in [0.4, 0.5) is 10.1 Å². The van der Waals surface area contributed by atoms with Crippen LogP contribution in [0.25, 0.3) is 0 Å². The molecule has 27 heavy (non-hydrogen) atoms. The van der Waals surface area contributed by atoms with Gasteiger partial charge in [-0.15, -0.1) is 0 Å². The van der Waals surface area contributed by atoms with E-state index in [0.29, 0.717) is 11.3 Å². The van der Waals surface area contributed by atoms with Gasteiger partial charge in [0, 0.05) is 11.3 Å². The van der Waals surface area contributed by atoms with Crippen LogP contribution in [0.5, 0.6) is 0 Å². The molecule has 136 valence electrons. The molecule has 4 nitrogen and oxygen atoms in total. The number of benzene rings is 3. The molecule has 0 unspecified atom stereocenters. The number of carbonyl (C=O) groups excluding carboxylic acids is 2. The first-order valence-corrected chi connectivity index (χ1v) is 8.42. The van der Waals surface area contributed by atoms with Crippen LogP contribution >= 0.6 is 0 Å². The Kier molecular flexibility index (Phi) is 5.61. The van der Waals surface area contributed by atoms with Gasteiger partial charge in [0.25, 0.3) is 5.91 Å². The van der Waals surface area contributed by atoms with Gasteiger partial charge in [-0.25, -0.2) is 9.18 Å². The molecule has 1 atom stereocenters. The van der Waals surface area contributed by atoms with Gasteiger partial charge in [0.1, 0.15) is 5.82 Å². The van der Waals surface area contributed by atoms with Gasteiger partial charge in [0.2, 0.25) is 6.10 Å². The fourth-order valence-corrected chi connectivity index (χ4v) is 2.51. The summed E-state index contributed by atoms with van der Waals surface area (Å²) >= 11 is 0. The molecule has 1 N–H and O–H groups in total. The monoisotopic (exact) mass is 363 g/mol. The van der Waals surface area contributed by atoms with Crippen LogP contribution in [0.2, 0.25) is 0 Å². The summed E-state index contributed by atoms with van der Waals surface area (Å²) in [5.41, 5.74) is 2.37. The Hall–Kier alpha value is -3.47. The van der Waals surface area contributed by atoms with E-state index in [-0.39, 0.29) is 5.56 Å². The van der Waals surface area contributed by atoms with E-state index in [1.165, 1.54) is 24.3 Å². The van der Waals surface area contributed by atoms with Crippen molar-refractivity contribution in [3.05, 3.63) is 101 Å². The van der Waals surface area contributed by atoms with Crippen molar-refractivity contribution >= 4 is 17.6 Å². The zero-order chi connectivity index (χ0) is 19.2. The first-order valence-electron chi connectivity index (χ1n) is 8.42. The van der Waals surface area contributed by atoms with E-state index in [4.69, 9.17) is 4.74 Å². The van der Waals surface area contributed by atoms with Crippen LogP contribution in [0.1, 0.15) is 27.6 Å². The number of rotatable bonds is 5. The summed E-state index contributed by atoms with van der Waals surface area (Å²) in [7, 11) is 0. The second-order valence-electron chi connectivity index (χ2n) is 6.06. The van der Waals surface area contributed by atoms with E-state index in [0.717, 1.165) is 5.56 Å².